The second-order valence-electron chi connectivity index (χ2n) is 7.80. The van der Waals surface area contributed by atoms with Gasteiger partial charge in [0, 0.05) is 20.1 Å². The lowest BCUT2D eigenvalue weighted by molar-refractivity contribution is -0.152. The molecule has 2 atom stereocenters. The maximum atomic E-state index is 12.9. The fourth-order valence-electron chi connectivity index (χ4n) is 3.41. The number of ether oxygens (including phenoxy) is 1. The molecular weight excluding hydrogens is 406 g/mol. The van der Waals surface area contributed by atoms with Crippen LogP contribution in [0.4, 0.5) is 0 Å². The molecule has 0 radical (unpaired) electrons. The molecule has 9 heteroatoms. The Morgan fingerprint density at radius 3 is 2.67 bits per heavy atom. The highest BCUT2D eigenvalue weighted by Gasteiger charge is 2.32. The molecule has 1 aromatic rings. The molecule has 0 saturated carbocycles. The van der Waals surface area contributed by atoms with Crippen LogP contribution < -0.4 is 5.32 Å². The van der Waals surface area contributed by atoms with Gasteiger partial charge in [0.15, 0.2) is 0 Å². The molecule has 2 rings (SSSR count). The number of carbonyl (C=O) groups excluding carboxylic acids is 4. The SMILES string of the molecule is CCOC(=O)C1CCCN(C(=O)CN(C)C(=O)C(NC(=O)c2cccs2)C(C)C)C1. The summed E-state index contributed by atoms with van der Waals surface area (Å²) >= 11 is 1.30. The van der Waals surface area contributed by atoms with Gasteiger partial charge in [0.25, 0.3) is 5.91 Å². The van der Waals surface area contributed by atoms with Crippen molar-refractivity contribution in [3.8, 4) is 0 Å². The van der Waals surface area contributed by atoms with Gasteiger partial charge in [-0.25, -0.2) is 0 Å². The van der Waals surface area contributed by atoms with Crippen LogP contribution in [0.15, 0.2) is 17.5 Å². The van der Waals surface area contributed by atoms with Gasteiger partial charge >= 0.3 is 5.97 Å². The lowest BCUT2D eigenvalue weighted by Crippen LogP contribution is -2.53. The quantitative estimate of drug-likeness (QED) is 0.625. The Balaban J connectivity index is 1.95. The standard InChI is InChI=1S/C21H31N3O5S/c1-5-29-21(28)15-8-6-10-24(12-15)17(25)13-23(4)20(27)18(14(2)3)22-19(26)16-9-7-11-30-16/h7,9,11,14-15,18H,5-6,8,10,12-13H2,1-4H3,(H,22,26). The first-order valence-corrected chi connectivity index (χ1v) is 11.2. The molecule has 1 aliphatic heterocycles. The van der Waals surface area contributed by atoms with Crippen LogP contribution in [-0.2, 0) is 19.1 Å². The summed E-state index contributed by atoms with van der Waals surface area (Å²) in [6, 6.07) is 2.75. The molecule has 3 amide bonds. The van der Waals surface area contributed by atoms with Crippen LogP contribution in [0, 0.1) is 11.8 Å². The first kappa shape index (κ1) is 23.9. The third kappa shape index (κ3) is 6.29. The van der Waals surface area contributed by atoms with Gasteiger partial charge in [-0.3, -0.25) is 19.2 Å². The van der Waals surface area contributed by atoms with Crippen LogP contribution in [0.3, 0.4) is 0 Å². The van der Waals surface area contributed by atoms with E-state index < -0.39 is 6.04 Å². The van der Waals surface area contributed by atoms with Crippen molar-refractivity contribution in [2.45, 2.75) is 39.7 Å². The van der Waals surface area contributed by atoms with Crippen molar-refractivity contribution in [2.24, 2.45) is 11.8 Å². The van der Waals surface area contributed by atoms with E-state index in [2.05, 4.69) is 5.32 Å². The molecule has 2 heterocycles. The zero-order valence-corrected chi connectivity index (χ0v) is 18.9. The van der Waals surface area contributed by atoms with Crippen molar-refractivity contribution in [2.75, 3.05) is 33.3 Å². The van der Waals surface area contributed by atoms with E-state index in [1.807, 2.05) is 13.8 Å². The van der Waals surface area contributed by atoms with Gasteiger partial charge in [0.2, 0.25) is 11.8 Å². The Bertz CT molecular complexity index is 750. The number of nitrogens with one attached hydrogen (secondary N) is 1. The van der Waals surface area contributed by atoms with Gasteiger partial charge in [-0.05, 0) is 37.1 Å². The normalized spacial score (nSPS) is 17.4. The Kier molecular flexibility index (Phi) is 8.83. The summed E-state index contributed by atoms with van der Waals surface area (Å²) in [4.78, 5) is 53.5. The summed E-state index contributed by atoms with van der Waals surface area (Å²) in [6.07, 6.45) is 1.42. The third-order valence-electron chi connectivity index (χ3n) is 5.11. The van der Waals surface area contributed by atoms with E-state index in [9.17, 15) is 19.2 Å². The van der Waals surface area contributed by atoms with E-state index in [4.69, 9.17) is 4.74 Å². The summed E-state index contributed by atoms with van der Waals surface area (Å²) in [5.74, 6) is -1.57. The van der Waals surface area contributed by atoms with Gasteiger partial charge < -0.3 is 19.9 Å². The van der Waals surface area contributed by atoms with E-state index >= 15 is 0 Å². The van der Waals surface area contributed by atoms with Crippen LogP contribution >= 0.6 is 11.3 Å². The smallest absolute Gasteiger partial charge is 0.310 e. The molecule has 0 aromatic carbocycles. The second-order valence-corrected chi connectivity index (χ2v) is 8.75. The highest BCUT2D eigenvalue weighted by Crippen LogP contribution is 2.18. The number of amides is 3. The van der Waals surface area contributed by atoms with E-state index in [0.29, 0.717) is 31.0 Å². The zero-order valence-electron chi connectivity index (χ0n) is 18.1. The van der Waals surface area contributed by atoms with Gasteiger partial charge in [0.05, 0.1) is 23.9 Å². The minimum absolute atomic E-state index is 0.105. The summed E-state index contributed by atoms with van der Waals surface area (Å²) in [6.45, 7) is 6.53. The molecule has 1 N–H and O–H groups in total. The van der Waals surface area contributed by atoms with Gasteiger partial charge in [-0.1, -0.05) is 19.9 Å². The molecule has 1 aromatic heterocycles. The average molecular weight is 438 g/mol. The number of hydrogen-bond donors (Lipinski definition) is 1. The molecule has 8 nitrogen and oxygen atoms in total. The van der Waals surface area contributed by atoms with Gasteiger partial charge in [-0.15, -0.1) is 11.3 Å². The molecular formula is C21H31N3O5S. The van der Waals surface area contributed by atoms with Gasteiger partial charge in [-0.2, -0.15) is 0 Å². The van der Waals surface area contributed by atoms with Crippen LogP contribution in [0.1, 0.15) is 43.3 Å². The summed E-state index contributed by atoms with van der Waals surface area (Å²) in [7, 11) is 1.56. The Morgan fingerprint density at radius 1 is 1.33 bits per heavy atom. The average Bonchev–Trinajstić information content (AvgIpc) is 3.26. The lowest BCUT2D eigenvalue weighted by atomic mass is 9.98. The number of hydrogen-bond acceptors (Lipinski definition) is 6. The van der Waals surface area contributed by atoms with E-state index in [-0.39, 0.29) is 42.1 Å². The van der Waals surface area contributed by atoms with Crippen molar-refractivity contribution < 1.29 is 23.9 Å². The minimum Gasteiger partial charge on any atom is -0.466 e. The lowest BCUT2D eigenvalue weighted by Gasteiger charge is -2.33. The van der Waals surface area contributed by atoms with Crippen molar-refractivity contribution in [3.05, 3.63) is 22.4 Å². The zero-order chi connectivity index (χ0) is 22.3. The predicted octanol–water partition coefficient (Wildman–Crippen LogP) is 1.76. The second kappa shape index (κ2) is 11.1. The molecule has 0 aliphatic carbocycles. The molecule has 1 saturated heterocycles. The van der Waals surface area contributed by atoms with Crippen LogP contribution in [0.25, 0.3) is 0 Å². The molecule has 166 valence electrons. The number of thiophene rings is 1. The Hall–Kier alpha value is -2.42. The van der Waals surface area contributed by atoms with Crippen LogP contribution in [-0.4, -0.2) is 72.8 Å². The molecule has 1 aliphatic rings. The molecule has 30 heavy (non-hydrogen) atoms. The van der Waals surface area contributed by atoms with Crippen LogP contribution in [0.5, 0.6) is 0 Å². The largest absolute Gasteiger partial charge is 0.466 e. The maximum Gasteiger partial charge on any atom is 0.310 e. The topological polar surface area (TPSA) is 96.0 Å². The molecule has 1 fully saturated rings. The van der Waals surface area contributed by atoms with E-state index in [1.54, 1.807) is 36.4 Å². The summed E-state index contributed by atoms with van der Waals surface area (Å²) < 4.78 is 5.07. The molecule has 0 bridgehead atoms. The Labute approximate surface area is 181 Å². The number of rotatable bonds is 8. The van der Waals surface area contributed by atoms with E-state index in [1.165, 1.54) is 16.2 Å². The number of piperidine rings is 1. The first-order chi connectivity index (χ1) is 14.2. The number of esters is 1. The number of carbonyl (C=O) groups is 4. The van der Waals surface area contributed by atoms with Crippen LogP contribution in [0.2, 0.25) is 0 Å². The number of likely N-dealkylation sites (N-methyl/N-ethyl adjacent to an activating group) is 1. The predicted molar refractivity (Wildman–Crippen MR) is 114 cm³/mol. The fourth-order valence-corrected chi connectivity index (χ4v) is 4.03. The van der Waals surface area contributed by atoms with Crippen molar-refractivity contribution >= 4 is 35.0 Å². The molecule has 2 unspecified atom stereocenters. The van der Waals surface area contributed by atoms with E-state index in [0.717, 1.165) is 6.42 Å². The summed E-state index contributed by atoms with van der Waals surface area (Å²) in [5.41, 5.74) is 0. The highest BCUT2D eigenvalue weighted by atomic mass is 32.1. The maximum absolute atomic E-state index is 12.9. The molecule has 0 spiro atoms. The Morgan fingerprint density at radius 2 is 2.07 bits per heavy atom. The van der Waals surface area contributed by atoms with Crippen molar-refractivity contribution in [1.82, 2.24) is 15.1 Å². The number of likely N-dealkylation sites (tertiary alicyclic amines) is 1. The number of nitrogens with zero attached hydrogens (tertiary/aromatic N) is 2. The fraction of sp³-hybridized carbons (Fsp3) is 0.619. The summed E-state index contributed by atoms with van der Waals surface area (Å²) in [5, 5.41) is 4.58. The third-order valence-corrected chi connectivity index (χ3v) is 5.98. The monoisotopic (exact) mass is 437 g/mol. The highest BCUT2D eigenvalue weighted by molar-refractivity contribution is 7.12. The first-order valence-electron chi connectivity index (χ1n) is 10.3. The minimum atomic E-state index is -0.731. The van der Waals surface area contributed by atoms with Gasteiger partial charge in [0.1, 0.15) is 6.04 Å². The van der Waals surface area contributed by atoms with Crippen molar-refractivity contribution in [1.29, 1.82) is 0 Å². The van der Waals surface area contributed by atoms with Crippen molar-refractivity contribution in [3.63, 3.8) is 0 Å².